The van der Waals surface area contributed by atoms with Gasteiger partial charge in [0, 0.05) is 17.7 Å². The van der Waals surface area contributed by atoms with E-state index in [0.717, 1.165) is 0 Å². The Labute approximate surface area is 92.4 Å². The maximum Gasteiger partial charge on any atom is 0.434 e. The van der Waals surface area contributed by atoms with Gasteiger partial charge in [0.1, 0.15) is 0 Å². The van der Waals surface area contributed by atoms with E-state index < -0.39 is 41.7 Å². The molecule has 8 heteroatoms. The van der Waals surface area contributed by atoms with Crippen molar-refractivity contribution in [3.8, 4) is 0 Å². The number of carbonyl (C=O) groups excluding carboxylic acids is 1. The van der Waals surface area contributed by atoms with Crippen LogP contribution in [0.4, 0.5) is 22.0 Å². The van der Waals surface area contributed by atoms with Crippen LogP contribution in [0.15, 0.2) is 6.07 Å². The molecule has 0 atom stereocenters. The maximum absolute atomic E-state index is 12.5. The smallest absolute Gasteiger partial charge is 0.325 e. The van der Waals surface area contributed by atoms with E-state index in [-0.39, 0.29) is 6.29 Å². The maximum atomic E-state index is 12.5. The van der Waals surface area contributed by atoms with Crippen molar-refractivity contribution in [2.75, 3.05) is 0 Å². The number of carbonyl (C=O) groups is 1. The van der Waals surface area contributed by atoms with Crippen molar-refractivity contribution < 1.29 is 26.7 Å². The first-order valence-electron chi connectivity index (χ1n) is 4.35. The minimum atomic E-state index is -4.89. The number of nitrogens with two attached hydrogens (primary N) is 1. The number of halogens is 5. The highest BCUT2D eigenvalue weighted by molar-refractivity contribution is 5.77. The predicted octanol–water partition coefficient (Wildman–Crippen LogP) is 2.31. The molecule has 0 spiro atoms. The summed E-state index contributed by atoms with van der Waals surface area (Å²) in [6.07, 6.45) is -8.09. The molecule has 0 saturated heterocycles. The van der Waals surface area contributed by atoms with Crippen LogP contribution in [0.5, 0.6) is 0 Å². The lowest BCUT2D eigenvalue weighted by Crippen LogP contribution is -2.16. The second kappa shape index (κ2) is 4.74. The molecule has 1 heterocycles. The second-order valence-electron chi connectivity index (χ2n) is 3.08. The van der Waals surface area contributed by atoms with Gasteiger partial charge in [0.05, 0.1) is 5.69 Å². The van der Waals surface area contributed by atoms with Gasteiger partial charge in [-0.25, -0.2) is 13.8 Å². The van der Waals surface area contributed by atoms with Gasteiger partial charge in [0.25, 0.3) is 6.43 Å². The van der Waals surface area contributed by atoms with Crippen molar-refractivity contribution in [3.63, 3.8) is 0 Å². The van der Waals surface area contributed by atoms with Gasteiger partial charge < -0.3 is 5.73 Å². The molecule has 1 aromatic heterocycles. The summed E-state index contributed by atoms with van der Waals surface area (Å²) in [5.74, 6) is 0. The van der Waals surface area contributed by atoms with Gasteiger partial charge in [-0.05, 0) is 6.07 Å². The first-order chi connectivity index (χ1) is 7.81. The van der Waals surface area contributed by atoms with Crippen molar-refractivity contribution in [1.82, 2.24) is 4.98 Å². The Morgan fingerprint density at radius 1 is 1.41 bits per heavy atom. The average molecular weight is 254 g/mol. The molecule has 0 saturated carbocycles. The minimum absolute atomic E-state index is 0.165. The number of pyridine rings is 1. The van der Waals surface area contributed by atoms with Gasteiger partial charge in [0.2, 0.25) is 0 Å². The highest BCUT2D eigenvalue weighted by atomic mass is 19.4. The molecule has 0 bridgehead atoms. The lowest BCUT2D eigenvalue weighted by atomic mass is 10.1. The second-order valence-corrected chi connectivity index (χ2v) is 3.08. The molecule has 17 heavy (non-hydrogen) atoms. The van der Waals surface area contributed by atoms with E-state index in [2.05, 4.69) is 4.98 Å². The standard InChI is InChI=1S/C9H7F5N2O/c10-8(11)5-1-4(3-17)7(9(12,13)14)16-6(5)2-15/h1,3,8H,2,15H2. The number of aldehydes is 1. The summed E-state index contributed by atoms with van der Waals surface area (Å²) < 4.78 is 62.2. The molecule has 0 unspecified atom stereocenters. The minimum Gasteiger partial charge on any atom is -0.325 e. The molecule has 1 rings (SSSR count). The van der Waals surface area contributed by atoms with Gasteiger partial charge in [0.15, 0.2) is 12.0 Å². The van der Waals surface area contributed by atoms with E-state index in [9.17, 15) is 26.7 Å². The third kappa shape index (κ3) is 2.76. The average Bonchev–Trinajstić information content (AvgIpc) is 2.25. The van der Waals surface area contributed by atoms with Crippen molar-refractivity contribution in [1.29, 1.82) is 0 Å². The number of aromatic nitrogens is 1. The molecule has 94 valence electrons. The molecule has 0 amide bonds. The summed E-state index contributed by atoms with van der Waals surface area (Å²) in [6, 6.07) is 0.468. The van der Waals surface area contributed by atoms with Crippen molar-refractivity contribution in [2.24, 2.45) is 5.73 Å². The zero-order valence-corrected chi connectivity index (χ0v) is 8.26. The molecule has 2 N–H and O–H groups in total. The topological polar surface area (TPSA) is 56.0 Å². The quantitative estimate of drug-likeness (QED) is 0.665. The van der Waals surface area contributed by atoms with Crippen LogP contribution >= 0.6 is 0 Å². The first kappa shape index (κ1) is 13.5. The monoisotopic (exact) mass is 254 g/mol. The Morgan fingerprint density at radius 2 is 2.00 bits per heavy atom. The molecule has 0 aliphatic heterocycles. The molecule has 0 radical (unpaired) electrons. The van der Waals surface area contributed by atoms with Crippen LogP contribution in [-0.2, 0) is 12.7 Å². The third-order valence-corrected chi connectivity index (χ3v) is 1.99. The van der Waals surface area contributed by atoms with E-state index in [0.29, 0.717) is 6.07 Å². The zero-order valence-electron chi connectivity index (χ0n) is 8.26. The van der Waals surface area contributed by atoms with Crippen LogP contribution in [-0.4, -0.2) is 11.3 Å². The van der Waals surface area contributed by atoms with Gasteiger partial charge >= 0.3 is 6.18 Å². The van der Waals surface area contributed by atoms with Gasteiger partial charge in [-0.3, -0.25) is 4.79 Å². The van der Waals surface area contributed by atoms with Gasteiger partial charge in [-0.2, -0.15) is 13.2 Å². The summed E-state index contributed by atoms with van der Waals surface area (Å²) in [7, 11) is 0. The van der Waals surface area contributed by atoms with Crippen molar-refractivity contribution in [2.45, 2.75) is 19.1 Å². The van der Waals surface area contributed by atoms with Crippen LogP contribution in [0.1, 0.15) is 33.7 Å². The third-order valence-electron chi connectivity index (χ3n) is 1.99. The predicted molar refractivity (Wildman–Crippen MR) is 47.5 cm³/mol. The fourth-order valence-corrected chi connectivity index (χ4v) is 1.25. The molecule has 0 aliphatic rings. The number of nitrogens with zero attached hydrogens (tertiary/aromatic N) is 1. The fraction of sp³-hybridized carbons (Fsp3) is 0.333. The number of rotatable bonds is 3. The molecular formula is C9H7F5N2O. The number of hydrogen-bond acceptors (Lipinski definition) is 3. The molecule has 3 nitrogen and oxygen atoms in total. The summed E-state index contributed by atoms with van der Waals surface area (Å²) in [5.41, 5.74) is 1.28. The summed E-state index contributed by atoms with van der Waals surface area (Å²) in [4.78, 5) is 13.4. The Balaban J connectivity index is 3.49. The van der Waals surface area contributed by atoms with Crippen LogP contribution < -0.4 is 5.73 Å². The molecule has 0 aromatic carbocycles. The van der Waals surface area contributed by atoms with E-state index in [1.165, 1.54) is 0 Å². The zero-order chi connectivity index (χ0) is 13.2. The highest BCUT2D eigenvalue weighted by Crippen LogP contribution is 2.33. The Bertz CT molecular complexity index is 430. The SMILES string of the molecule is NCc1nc(C(F)(F)F)c(C=O)cc1C(F)F. The van der Waals surface area contributed by atoms with E-state index in [1.807, 2.05) is 0 Å². The lowest BCUT2D eigenvalue weighted by molar-refractivity contribution is -0.141. The number of hydrogen-bond donors (Lipinski definition) is 1. The molecule has 0 aliphatic carbocycles. The van der Waals surface area contributed by atoms with Crippen LogP contribution in [0.25, 0.3) is 0 Å². The summed E-state index contributed by atoms with van der Waals surface area (Å²) in [6.45, 7) is -0.568. The van der Waals surface area contributed by atoms with Crippen LogP contribution in [0, 0.1) is 0 Å². The van der Waals surface area contributed by atoms with E-state index in [1.54, 1.807) is 0 Å². The Kier molecular flexibility index (Phi) is 3.76. The van der Waals surface area contributed by atoms with Crippen molar-refractivity contribution >= 4 is 6.29 Å². The normalized spacial score (nSPS) is 11.9. The van der Waals surface area contributed by atoms with E-state index >= 15 is 0 Å². The molecular weight excluding hydrogens is 247 g/mol. The van der Waals surface area contributed by atoms with Gasteiger partial charge in [-0.15, -0.1) is 0 Å². The Hall–Kier alpha value is -1.57. The van der Waals surface area contributed by atoms with Crippen molar-refractivity contribution in [3.05, 3.63) is 28.6 Å². The van der Waals surface area contributed by atoms with Crippen LogP contribution in [0.3, 0.4) is 0 Å². The first-order valence-corrected chi connectivity index (χ1v) is 4.35. The summed E-state index contributed by atoms with van der Waals surface area (Å²) in [5, 5.41) is 0. The number of alkyl halides is 5. The van der Waals surface area contributed by atoms with Gasteiger partial charge in [-0.1, -0.05) is 0 Å². The summed E-state index contributed by atoms with van der Waals surface area (Å²) >= 11 is 0. The Morgan fingerprint density at radius 3 is 2.35 bits per heavy atom. The lowest BCUT2D eigenvalue weighted by Gasteiger charge is -2.13. The molecule has 1 aromatic rings. The van der Waals surface area contributed by atoms with E-state index in [4.69, 9.17) is 5.73 Å². The largest absolute Gasteiger partial charge is 0.434 e. The molecule has 0 fully saturated rings. The fourth-order valence-electron chi connectivity index (χ4n) is 1.25. The highest BCUT2D eigenvalue weighted by Gasteiger charge is 2.36. The van der Waals surface area contributed by atoms with Crippen LogP contribution in [0.2, 0.25) is 0 Å².